The van der Waals surface area contributed by atoms with Crippen molar-refractivity contribution in [1.82, 2.24) is 25.5 Å². The maximum absolute atomic E-state index is 13.8. The Morgan fingerprint density at radius 1 is 1.15 bits per heavy atom. The third-order valence-corrected chi connectivity index (χ3v) is 8.80. The van der Waals surface area contributed by atoms with Crippen LogP contribution in [0.1, 0.15) is 69.0 Å². The van der Waals surface area contributed by atoms with Crippen molar-refractivity contribution >= 4 is 17.9 Å². The number of ether oxygens (including phenoxy) is 1. The van der Waals surface area contributed by atoms with Crippen LogP contribution >= 0.6 is 0 Å². The molecule has 1 saturated heterocycles. The van der Waals surface area contributed by atoms with Gasteiger partial charge in [-0.15, -0.1) is 0 Å². The number of aromatic nitrogens is 2. The molecule has 0 unspecified atom stereocenters. The zero-order chi connectivity index (χ0) is 28.4. The van der Waals surface area contributed by atoms with Gasteiger partial charge >= 0.3 is 12.0 Å². The van der Waals surface area contributed by atoms with Gasteiger partial charge in [0.25, 0.3) is 0 Å². The van der Waals surface area contributed by atoms with Crippen LogP contribution in [0, 0.1) is 11.3 Å². The molecule has 2 heterocycles. The second-order valence-electron chi connectivity index (χ2n) is 11.2. The number of imidazole rings is 1. The van der Waals surface area contributed by atoms with Gasteiger partial charge in [0, 0.05) is 45.1 Å². The molecule has 4 rings (SSSR count). The van der Waals surface area contributed by atoms with Gasteiger partial charge in [-0.1, -0.05) is 31.4 Å². The third kappa shape index (κ3) is 7.99. The highest BCUT2D eigenvalue weighted by Crippen LogP contribution is 2.49. The van der Waals surface area contributed by atoms with E-state index in [4.69, 9.17) is 4.74 Å². The topological polar surface area (TPSA) is 137 Å². The van der Waals surface area contributed by atoms with Crippen LogP contribution in [-0.2, 0) is 22.4 Å². The van der Waals surface area contributed by atoms with Crippen LogP contribution in [-0.4, -0.2) is 70.7 Å². The molecule has 1 aromatic carbocycles. The molecule has 1 aliphatic heterocycles. The van der Waals surface area contributed by atoms with Crippen molar-refractivity contribution in [1.29, 1.82) is 0 Å². The van der Waals surface area contributed by atoms with Gasteiger partial charge in [-0.25, -0.2) is 9.78 Å². The molecule has 2 fully saturated rings. The number of hydrogen-bond donors (Lipinski definition) is 4. The molecule has 1 aromatic heterocycles. The molecule has 2 aromatic rings. The van der Waals surface area contributed by atoms with Crippen LogP contribution in [0.15, 0.2) is 36.8 Å². The lowest BCUT2D eigenvalue weighted by molar-refractivity contribution is -0.140. The average molecular weight is 554 g/mol. The van der Waals surface area contributed by atoms with E-state index in [1.165, 1.54) is 19.3 Å². The summed E-state index contributed by atoms with van der Waals surface area (Å²) >= 11 is 0. The Morgan fingerprint density at radius 2 is 1.88 bits per heavy atom. The first-order valence-corrected chi connectivity index (χ1v) is 14.5. The van der Waals surface area contributed by atoms with Gasteiger partial charge in [-0.05, 0) is 61.1 Å². The number of methoxy groups -OCH3 is 1. The molecular formula is C30H43N5O5. The van der Waals surface area contributed by atoms with Gasteiger partial charge in [0.05, 0.1) is 19.1 Å². The normalized spacial score (nSPS) is 18.1. The predicted octanol–water partition coefficient (Wildman–Crippen LogP) is 3.93. The van der Waals surface area contributed by atoms with Crippen molar-refractivity contribution in [2.24, 2.45) is 11.3 Å². The van der Waals surface area contributed by atoms with Crippen LogP contribution in [0.5, 0.6) is 5.75 Å². The highest BCUT2D eigenvalue weighted by atomic mass is 16.5. The molecule has 2 aliphatic rings. The van der Waals surface area contributed by atoms with Crippen molar-refractivity contribution < 1.29 is 24.2 Å². The molecule has 1 saturated carbocycles. The van der Waals surface area contributed by atoms with Crippen molar-refractivity contribution in [3.8, 4) is 5.75 Å². The highest BCUT2D eigenvalue weighted by Gasteiger charge is 2.43. The number of benzene rings is 1. The summed E-state index contributed by atoms with van der Waals surface area (Å²) in [5.74, 6) is 0.392. The third-order valence-electron chi connectivity index (χ3n) is 8.80. The summed E-state index contributed by atoms with van der Waals surface area (Å²) in [6, 6.07) is 6.40. The Kier molecular flexibility index (Phi) is 10.4. The quantitative estimate of drug-likeness (QED) is 0.314. The minimum atomic E-state index is -0.754. The Hall–Kier alpha value is -3.56. The lowest BCUT2D eigenvalue weighted by Crippen LogP contribution is -2.55. The zero-order valence-corrected chi connectivity index (χ0v) is 23.5. The second-order valence-corrected chi connectivity index (χ2v) is 11.2. The molecule has 10 heteroatoms. The molecule has 1 atom stereocenters. The van der Waals surface area contributed by atoms with Crippen molar-refractivity contribution in [3.63, 3.8) is 0 Å². The van der Waals surface area contributed by atoms with Gasteiger partial charge in [-0.2, -0.15) is 0 Å². The van der Waals surface area contributed by atoms with E-state index in [1.807, 2.05) is 29.2 Å². The molecular weight excluding hydrogens is 510 g/mol. The largest absolute Gasteiger partial charge is 0.497 e. The van der Waals surface area contributed by atoms with Crippen LogP contribution in [0.4, 0.5) is 4.79 Å². The van der Waals surface area contributed by atoms with Gasteiger partial charge in [0.2, 0.25) is 5.91 Å². The molecule has 218 valence electrons. The Bertz CT molecular complexity index is 1090. The number of amides is 3. The van der Waals surface area contributed by atoms with E-state index in [0.29, 0.717) is 44.8 Å². The van der Waals surface area contributed by atoms with E-state index in [-0.39, 0.29) is 17.7 Å². The van der Waals surface area contributed by atoms with Crippen molar-refractivity contribution in [3.05, 3.63) is 48.0 Å². The maximum atomic E-state index is 13.8. The summed E-state index contributed by atoms with van der Waals surface area (Å²) < 4.78 is 5.26. The number of carboxylic acids is 1. The second kappa shape index (κ2) is 14.2. The standard InChI is InChI=1S/C30H43N5O5/c1-40-25-9-7-22(8-10-25)19-26(34-29(39)32-16-12-24-20-31-21-33-24)28(38)35-17-14-30(15-18-35,13-11-27(36)37)23-5-3-2-4-6-23/h7-10,20-21,23,26H,2-6,11-19H2,1H3,(H,31,33)(H,36,37)(H2,32,34,39)/t26-/m1/s1. The molecule has 3 amide bonds. The fraction of sp³-hybridized carbons (Fsp3) is 0.600. The summed E-state index contributed by atoms with van der Waals surface area (Å²) in [6.07, 6.45) is 12.7. The number of likely N-dealkylation sites (tertiary alicyclic amines) is 1. The number of H-pyrrole nitrogens is 1. The minimum Gasteiger partial charge on any atom is -0.497 e. The number of rotatable bonds is 12. The Balaban J connectivity index is 1.41. The van der Waals surface area contributed by atoms with Gasteiger partial charge in [-0.3, -0.25) is 9.59 Å². The summed E-state index contributed by atoms with van der Waals surface area (Å²) in [7, 11) is 1.61. The van der Waals surface area contributed by atoms with E-state index in [0.717, 1.165) is 42.7 Å². The van der Waals surface area contributed by atoms with Gasteiger partial charge in [0.1, 0.15) is 11.8 Å². The number of carbonyl (C=O) groups is 3. The number of aliphatic carboxylic acids is 1. The summed E-state index contributed by atoms with van der Waals surface area (Å²) in [4.78, 5) is 47.0. The first-order valence-electron chi connectivity index (χ1n) is 14.5. The summed E-state index contributed by atoms with van der Waals surface area (Å²) in [5, 5.41) is 15.2. The number of nitrogens with one attached hydrogen (secondary N) is 3. The van der Waals surface area contributed by atoms with Crippen molar-refractivity contribution in [2.45, 2.75) is 76.7 Å². The van der Waals surface area contributed by atoms with Crippen molar-refractivity contribution in [2.75, 3.05) is 26.7 Å². The molecule has 0 spiro atoms. The van der Waals surface area contributed by atoms with E-state index in [1.54, 1.807) is 19.6 Å². The molecule has 4 N–H and O–H groups in total. The molecule has 0 bridgehead atoms. The number of urea groups is 1. The van der Waals surface area contributed by atoms with Gasteiger partial charge < -0.3 is 30.4 Å². The number of hydrogen-bond acceptors (Lipinski definition) is 5. The molecule has 0 radical (unpaired) electrons. The first kappa shape index (κ1) is 29.4. The van der Waals surface area contributed by atoms with E-state index in [9.17, 15) is 19.5 Å². The minimum absolute atomic E-state index is 0.0296. The number of carboxylic acid groups (broad SMARTS) is 1. The van der Waals surface area contributed by atoms with Crippen LogP contribution < -0.4 is 15.4 Å². The number of piperidine rings is 1. The number of aromatic amines is 1. The fourth-order valence-corrected chi connectivity index (χ4v) is 6.46. The Morgan fingerprint density at radius 3 is 2.50 bits per heavy atom. The first-order chi connectivity index (χ1) is 19.4. The zero-order valence-electron chi connectivity index (χ0n) is 23.5. The van der Waals surface area contributed by atoms with E-state index >= 15 is 0 Å². The van der Waals surface area contributed by atoms with Crippen LogP contribution in [0.3, 0.4) is 0 Å². The molecule has 10 nitrogen and oxygen atoms in total. The van der Waals surface area contributed by atoms with E-state index in [2.05, 4.69) is 20.6 Å². The monoisotopic (exact) mass is 553 g/mol. The van der Waals surface area contributed by atoms with Crippen LogP contribution in [0.25, 0.3) is 0 Å². The smallest absolute Gasteiger partial charge is 0.315 e. The Labute approximate surface area is 236 Å². The fourth-order valence-electron chi connectivity index (χ4n) is 6.46. The predicted molar refractivity (Wildman–Crippen MR) is 151 cm³/mol. The highest BCUT2D eigenvalue weighted by molar-refractivity contribution is 5.87. The molecule has 1 aliphatic carbocycles. The SMILES string of the molecule is COc1ccc(C[C@@H](NC(=O)NCCc2c[nH]cn2)C(=O)N2CCC(CCC(=O)O)(C3CCCCC3)CC2)cc1. The number of carbonyl (C=O) groups excluding carboxylic acids is 2. The van der Waals surface area contributed by atoms with E-state index < -0.39 is 18.0 Å². The van der Waals surface area contributed by atoms with Gasteiger partial charge in [0.15, 0.2) is 0 Å². The lowest BCUT2D eigenvalue weighted by Gasteiger charge is -2.48. The maximum Gasteiger partial charge on any atom is 0.315 e. The summed E-state index contributed by atoms with van der Waals surface area (Å²) in [6.45, 7) is 1.56. The van der Waals surface area contributed by atoms with Crippen LogP contribution in [0.2, 0.25) is 0 Å². The molecule has 40 heavy (non-hydrogen) atoms. The summed E-state index contributed by atoms with van der Waals surface area (Å²) in [5.41, 5.74) is 1.74. The lowest BCUT2D eigenvalue weighted by atomic mass is 9.61. The average Bonchev–Trinajstić information content (AvgIpc) is 3.50. The number of nitrogens with zero attached hydrogens (tertiary/aromatic N) is 2.